The van der Waals surface area contributed by atoms with E-state index < -0.39 is 5.60 Å². The van der Waals surface area contributed by atoms with Crippen molar-refractivity contribution in [3.63, 3.8) is 0 Å². The fourth-order valence-electron chi connectivity index (χ4n) is 2.73. The Kier molecular flexibility index (Phi) is 3.43. The van der Waals surface area contributed by atoms with Crippen molar-refractivity contribution in [3.8, 4) is 0 Å². The third-order valence-electron chi connectivity index (χ3n) is 3.93. The van der Waals surface area contributed by atoms with Crippen LogP contribution < -0.4 is 0 Å². The molecule has 94 valence electrons. The van der Waals surface area contributed by atoms with Crippen molar-refractivity contribution in [2.24, 2.45) is 0 Å². The van der Waals surface area contributed by atoms with Gasteiger partial charge in [0.1, 0.15) is 17.0 Å². The zero-order valence-electron chi connectivity index (χ0n) is 10.5. The highest BCUT2D eigenvalue weighted by molar-refractivity contribution is 5.18. The molecular weight excluding hydrogens is 212 g/mol. The highest BCUT2D eigenvalue weighted by Gasteiger charge is 2.44. The highest BCUT2D eigenvalue weighted by atomic mass is 16.5. The lowest BCUT2D eigenvalue weighted by Crippen LogP contribution is -2.45. The zero-order valence-corrected chi connectivity index (χ0v) is 10.5. The Balaban J connectivity index is 2.14. The molecule has 1 fully saturated rings. The lowest BCUT2D eigenvalue weighted by atomic mass is 9.76. The molecule has 0 unspecified atom stereocenters. The molecule has 2 nitrogen and oxygen atoms in total. The van der Waals surface area contributed by atoms with Gasteiger partial charge in [-0.2, -0.15) is 0 Å². The average molecular weight is 234 g/mol. The minimum atomic E-state index is -0.686. The average Bonchev–Trinajstić information content (AvgIpc) is 2.27. The fraction of sp³-hybridized carbons (Fsp3) is 0.600. The first-order chi connectivity index (χ1) is 8.14. The van der Waals surface area contributed by atoms with Gasteiger partial charge in [0.05, 0.1) is 0 Å². The summed E-state index contributed by atoms with van der Waals surface area (Å²) < 4.78 is 6.13. The monoisotopic (exact) mass is 234 g/mol. The number of hydrogen-bond acceptors (Lipinski definition) is 2. The van der Waals surface area contributed by atoms with Crippen LogP contribution in [-0.4, -0.2) is 16.3 Å². The quantitative estimate of drug-likeness (QED) is 0.738. The van der Waals surface area contributed by atoms with Crippen LogP contribution in [0.4, 0.5) is 0 Å². The molecule has 0 radical (unpaired) electrons. The third-order valence-corrected chi connectivity index (χ3v) is 3.93. The molecule has 17 heavy (non-hydrogen) atoms. The van der Waals surface area contributed by atoms with Gasteiger partial charge in [0.2, 0.25) is 0 Å². The Labute approximate surface area is 104 Å². The van der Waals surface area contributed by atoms with E-state index in [4.69, 9.17) is 4.74 Å². The van der Waals surface area contributed by atoms with Crippen LogP contribution in [-0.2, 0) is 4.74 Å². The van der Waals surface area contributed by atoms with Gasteiger partial charge in [-0.25, -0.2) is 0 Å². The second-order valence-corrected chi connectivity index (χ2v) is 5.26. The molecule has 0 aromatic heterocycles. The number of hydrogen-bond donors (Lipinski definition) is 1. The third kappa shape index (κ3) is 2.32. The Morgan fingerprint density at radius 3 is 2.35 bits per heavy atom. The topological polar surface area (TPSA) is 29.5 Å². The van der Waals surface area contributed by atoms with Crippen LogP contribution in [0, 0.1) is 0 Å². The van der Waals surface area contributed by atoms with Gasteiger partial charge in [-0.3, -0.25) is 0 Å². The predicted octanol–water partition coefficient (Wildman–Crippen LogP) is 3.49. The summed E-state index contributed by atoms with van der Waals surface area (Å²) in [6.45, 7) is 7.61. The van der Waals surface area contributed by atoms with Crippen molar-refractivity contribution in [1.82, 2.24) is 0 Å². The maximum atomic E-state index is 10.4. The summed E-state index contributed by atoms with van der Waals surface area (Å²) >= 11 is 0. The first-order valence-corrected chi connectivity index (χ1v) is 6.48. The minimum Gasteiger partial charge on any atom is -0.488 e. The first-order valence-electron chi connectivity index (χ1n) is 6.48. The largest absolute Gasteiger partial charge is 0.488 e. The molecular formula is C15H22O2. The number of allylic oxidation sites excluding steroid dienone is 1. The van der Waals surface area contributed by atoms with Crippen LogP contribution in [0.2, 0.25) is 0 Å². The molecule has 2 aliphatic rings. The molecule has 2 heteroatoms. The zero-order chi connectivity index (χ0) is 12.4. The van der Waals surface area contributed by atoms with Crippen molar-refractivity contribution in [2.45, 2.75) is 56.1 Å². The molecule has 1 aliphatic heterocycles. The lowest BCUT2D eigenvalue weighted by Gasteiger charge is -2.45. The van der Waals surface area contributed by atoms with Crippen LogP contribution in [0.3, 0.4) is 0 Å². The van der Waals surface area contributed by atoms with E-state index in [-0.39, 0.29) is 5.60 Å². The number of rotatable bonds is 5. The molecule has 1 heterocycles. The summed E-state index contributed by atoms with van der Waals surface area (Å²) in [4.78, 5) is 0. The second-order valence-electron chi connectivity index (χ2n) is 5.26. The second kappa shape index (κ2) is 4.69. The molecule has 0 aromatic carbocycles. The van der Waals surface area contributed by atoms with E-state index in [1.54, 1.807) is 0 Å². The van der Waals surface area contributed by atoms with Gasteiger partial charge >= 0.3 is 0 Å². The number of ether oxygens (including phenoxy) is 1. The van der Waals surface area contributed by atoms with E-state index in [2.05, 4.69) is 19.2 Å². The lowest BCUT2D eigenvalue weighted by molar-refractivity contribution is -0.105. The van der Waals surface area contributed by atoms with Crippen LogP contribution in [0.5, 0.6) is 0 Å². The molecule has 0 saturated heterocycles. The molecule has 0 spiro atoms. The SMILES string of the molecule is C=CCC1(CC=C)CCC=C(C2(O)CCC2)O1. The Morgan fingerprint density at radius 2 is 1.88 bits per heavy atom. The smallest absolute Gasteiger partial charge is 0.124 e. The van der Waals surface area contributed by atoms with Gasteiger partial charge in [0, 0.05) is 12.8 Å². The molecule has 0 bridgehead atoms. The van der Waals surface area contributed by atoms with Gasteiger partial charge in [0.25, 0.3) is 0 Å². The molecule has 0 atom stereocenters. The van der Waals surface area contributed by atoms with E-state index in [1.807, 2.05) is 12.2 Å². The molecule has 1 saturated carbocycles. The fourth-order valence-corrected chi connectivity index (χ4v) is 2.73. The summed E-state index contributed by atoms with van der Waals surface area (Å²) in [5.41, 5.74) is -0.910. The molecule has 0 amide bonds. The van der Waals surface area contributed by atoms with E-state index in [1.165, 1.54) is 0 Å². The first kappa shape index (κ1) is 12.4. The van der Waals surface area contributed by atoms with E-state index in [9.17, 15) is 5.11 Å². The van der Waals surface area contributed by atoms with Gasteiger partial charge in [0.15, 0.2) is 0 Å². The highest BCUT2D eigenvalue weighted by Crippen LogP contribution is 2.45. The summed E-state index contributed by atoms with van der Waals surface area (Å²) in [6, 6.07) is 0. The maximum absolute atomic E-state index is 10.4. The predicted molar refractivity (Wildman–Crippen MR) is 69.6 cm³/mol. The number of aliphatic hydroxyl groups is 1. The molecule has 0 aromatic rings. The molecule has 1 N–H and O–H groups in total. The maximum Gasteiger partial charge on any atom is 0.124 e. The van der Waals surface area contributed by atoms with Crippen molar-refractivity contribution >= 4 is 0 Å². The summed E-state index contributed by atoms with van der Waals surface area (Å²) in [6.07, 6.45) is 12.2. The molecule has 1 aliphatic carbocycles. The summed E-state index contributed by atoms with van der Waals surface area (Å²) in [5.74, 6) is 0.790. The van der Waals surface area contributed by atoms with Gasteiger partial charge in [-0.15, -0.1) is 13.2 Å². The van der Waals surface area contributed by atoms with Crippen LogP contribution in [0.15, 0.2) is 37.1 Å². The van der Waals surface area contributed by atoms with Crippen molar-refractivity contribution < 1.29 is 9.84 Å². The van der Waals surface area contributed by atoms with Crippen molar-refractivity contribution in [3.05, 3.63) is 37.1 Å². The standard InChI is InChI=1S/C15H22O2/c1-3-8-14(9-4-2)10-5-7-13(17-14)15(16)11-6-12-15/h3-4,7,16H,1-2,5-6,8-12H2. The van der Waals surface area contributed by atoms with Gasteiger partial charge in [-0.1, -0.05) is 12.2 Å². The Bertz CT molecular complexity index is 327. The van der Waals surface area contributed by atoms with Crippen molar-refractivity contribution in [2.75, 3.05) is 0 Å². The normalized spacial score (nSPS) is 25.1. The summed E-state index contributed by atoms with van der Waals surface area (Å²) in [7, 11) is 0. The Morgan fingerprint density at radius 1 is 1.24 bits per heavy atom. The Hall–Kier alpha value is -1.02. The van der Waals surface area contributed by atoms with E-state index in [0.717, 1.165) is 50.7 Å². The van der Waals surface area contributed by atoms with Gasteiger partial charge in [-0.05, 0) is 38.2 Å². The summed E-state index contributed by atoms with van der Waals surface area (Å²) in [5, 5.41) is 10.4. The van der Waals surface area contributed by atoms with Crippen LogP contribution >= 0.6 is 0 Å². The van der Waals surface area contributed by atoms with Crippen LogP contribution in [0.1, 0.15) is 44.9 Å². The van der Waals surface area contributed by atoms with Crippen molar-refractivity contribution in [1.29, 1.82) is 0 Å². The van der Waals surface area contributed by atoms with Crippen LogP contribution in [0.25, 0.3) is 0 Å². The van der Waals surface area contributed by atoms with E-state index in [0.29, 0.717) is 0 Å². The minimum absolute atomic E-state index is 0.223. The van der Waals surface area contributed by atoms with E-state index >= 15 is 0 Å². The van der Waals surface area contributed by atoms with Gasteiger partial charge < -0.3 is 9.84 Å². The molecule has 2 rings (SSSR count).